The maximum atomic E-state index is 12.1. The van der Waals surface area contributed by atoms with E-state index in [0.29, 0.717) is 23.3 Å². The third kappa shape index (κ3) is 6.31. The number of quaternary nitrogens is 1. The molecule has 4 nitrogen and oxygen atoms in total. The quantitative estimate of drug-likeness (QED) is 0.383. The van der Waals surface area contributed by atoms with Gasteiger partial charge in [0.15, 0.2) is 0 Å². The lowest BCUT2D eigenvalue weighted by Gasteiger charge is -2.24. The molecule has 5 heteroatoms. The molecule has 0 spiro atoms. The molecule has 0 aliphatic carbocycles. The number of hydrogen-bond acceptors (Lipinski definition) is 2. The van der Waals surface area contributed by atoms with Crippen LogP contribution in [0.25, 0.3) is 0 Å². The minimum atomic E-state index is -0.400. The zero-order valence-electron chi connectivity index (χ0n) is 12.9. The molecule has 1 aromatic carbocycles. The van der Waals surface area contributed by atoms with Crippen molar-refractivity contribution in [2.24, 2.45) is 0 Å². The van der Waals surface area contributed by atoms with E-state index in [1.165, 1.54) is 4.90 Å². The molecule has 0 unspecified atom stereocenters. The molecule has 21 heavy (non-hydrogen) atoms. The fourth-order valence-corrected chi connectivity index (χ4v) is 1.66. The van der Waals surface area contributed by atoms with Crippen LogP contribution >= 0.6 is 0 Å². The molecule has 1 rings (SSSR count). The van der Waals surface area contributed by atoms with E-state index >= 15 is 0 Å². The zero-order chi connectivity index (χ0) is 15.2. The Labute approximate surface area is 144 Å². The van der Waals surface area contributed by atoms with Crippen LogP contribution in [0.5, 0.6) is 5.75 Å². The van der Waals surface area contributed by atoms with Gasteiger partial charge in [0.05, 0.1) is 21.1 Å². The Hall–Kier alpha value is -1.34. The van der Waals surface area contributed by atoms with Crippen LogP contribution in [-0.4, -0.2) is 45.2 Å². The van der Waals surface area contributed by atoms with Crippen LogP contribution in [0.4, 0.5) is 10.5 Å². The SMILES string of the molecule is C=CCN(CC=C)C(=O)Oc1cccc([N+](C)(C)C)c1.[I-]. The largest absolute Gasteiger partial charge is 1.00 e. The molecule has 0 saturated heterocycles. The Bertz CT molecular complexity index is 485. The predicted octanol–water partition coefficient (Wildman–Crippen LogP) is 0.0601. The van der Waals surface area contributed by atoms with E-state index in [2.05, 4.69) is 34.3 Å². The van der Waals surface area contributed by atoms with Gasteiger partial charge in [-0.2, -0.15) is 0 Å². The molecule has 0 aliphatic heterocycles. The highest BCUT2D eigenvalue weighted by Crippen LogP contribution is 2.23. The average Bonchev–Trinajstić information content (AvgIpc) is 2.38. The van der Waals surface area contributed by atoms with Gasteiger partial charge in [-0.15, -0.1) is 13.2 Å². The van der Waals surface area contributed by atoms with E-state index in [1.807, 2.05) is 18.2 Å². The molecule has 0 fully saturated rings. The van der Waals surface area contributed by atoms with Crippen LogP contribution < -0.4 is 33.2 Å². The highest BCUT2D eigenvalue weighted by atomic mass is 127. The number of nitrogens with zero attached hydrogens (tertiary/aromatic N) is 2. The van der Waals surface area contributed by atoms with Gasteiger partial charge in [0.25, 0.3) is 0 Å². The monoisotopic (exact) mass is 402 g/mol. The van der Waals surface area contributed by atoms with Crippen LogP contribution in [0.2, 0.25) is 0 Å². The molecule has 0 aromatic heterocycles. The normalized spacial score (nSPS) is 10.2. The summed E-state index contributed by atoms with van der Waals surface area (Å²) >= 11 is 0. The van der Waals surface area contributed by atoms with Gasteiger partial charge in [-0.1, -0.05) is 18.2 Å². The summed E-state index contributed by atoms with van der Waals surface area (Å²) < 4.78 is 6.06. The summed E-state index contributed by atoms with van der Waals surface area (Å²) in [6, 6.07) is 7.53. The Morgan fingerprint density at radius 2 is 1.81 bits per heavy atom. The molecule has 1 amide bonds. The van der Waals surface area contributed by atoms with Crippen molar-refractivity contribution in [1.29, 1.82) is 0 Å². The van der Waals surface area contributed by atoms with Gasteiger partial charge in [-0.25, -0.2) is 4.79 Å². The molecule has 0 saturated carbocycles. The number of carbonyl (C=O) groups is 1. The van der Waals surface area contributed by atoms with E-state index in [0.717, 1.165) is 5.69 Å². The number of rotatable bonds is 6. The van der Waals surface area contributed by atoms with Crippen molar-refractivity contribution in [2.75, 3.05) is 34.2 Å². The summed E-state index contributed by atoms with van der Waals surface area (Å²) in [7, 11) is 6.17. The summed E-state index contributed by atoms with van der Waals surface area (Å²) in [5, 5.41) is 0. The van der Waals surface area contributed by atoms with Crippen molar-refractivity contribution in [2.45, 2.75) is 0 Å². The molecule has 0 radical (unpaired) electrons. The summed E-state index contributed by atoms with van der Waals surface area (Å²) in [6.45, 7) is 8.13. The molecule has 0 bridgehead atoms. The lowest BCUT2D eigenvalue weighted by molar-refractivity contribution is -0.00000990. The van der Waals surface area contributed by atoms with E-state index in [9.17, 15) is 4.79 Å². The van der Waals surface area contributed by atoms with Gasteiger partial charge < -0.3 is 33.6 Å². The minimum absolute atomic E-state index is 0. The van der Waals surface area contributed by atoms with E-state index < -0.39 is 6.09 Å². The zero-order valence-corrected chi connectivity index (χ0v) is 15.0. The number of carbonyl (C=O) groups excluding carboxylic acids is 1. The third-order valence-electron chi connectivity index (χ3n) is 2.75. The van der Waals surface area contributed by atoms with Crippen molar-refractivity contribution in [3.8, 4) is 5.75 Å². The fraction of sp³-hybridized carbons (Fsp3) is 0.312. The van der Waals surface area contributed by atoms with Gasteiger partial charge in [0.1, 0.15) is 11.4 Å². The number of hydrogen-bond donors (Lipinski definition) is 0. The topological polar surface area (TPSA) is 29.5 Å². The maximum absolute atomic E-state index is 12.1. The Morgan fingerprint density at radius 3 is 2.29 bits per heavy atom. The predicted molar refractivity (Wildman–Crippen MR) is 84.0 cm³/mol. The molecule has 0 aliphatic rings. The highest BCUT2D eigenvalue weighted by Gasteiger charge is 2.16. The van der Waals surface area contributed by atoms with E-state index in [4.69, 9.17) is 4.74 Å². The Kier molecular flexibility index (Phi) is 8.27. The summed E-state index contributed by atoms with van der Waals surface area (Å²) in [5.74, 6) is 0.540. The van der Waals surface area contributed by atoms with Gasteiger partial charge >= 0.3 is 6.09 Å². The summed E-state index contributed by atoms with van der Waals surface area (Å²) in [4.78, 5) is 13.6. The van der Waals surface area contributed by atoms with Crippen molar-refractivity contribution in [3.63, 3.8) is 0 Å². The molecule has 0 N–H and O–H groups in total. The molecule has 0 heterocycles. The van der Waals surface area contributed by atoms with Gasteiger partial charge in [-0.3, -0.25) is 4.48 Å². The molecule has 1 aromatic rings. The lowest BCUT2D eigenvalue weighted by Crippen LogP contribution is -3.00. The fourth-order valence-electron chi connectivity index (χ4n) is 1.66. The number of amides is 1. The molecular weight excluding hydrogens is 379 g/mol. The standard InChI is InChI=1S/C16H23N2O2.HI/c1-6-11-17(12-7-2)16(19)20-15-10-8-9-14(13-15)18(3,4)5;/h6-10,13H,1-2,11-12H2,3-5H3;1H/q+1;/p-1. The van der Waals surface area contributed by atoms with E-state index in [1.54, 1.807) is 18.2 Å². The highest BCUT2D eigenvalue weighted by molar-refractivity contribution is 5.71. The van der Waals surface area contributed by atoms with Gasteiger partial charge in [0.2, 0.25) is 0 Å². The second-order valence-corrected chi connectivity index (χ2v) is 5.36. The van der Waals surface area contributed by atoms with Crippen molar-refractivity contribution < 1.29 is 33.5 Å². The van der Waals surface area contributed by atoms with Crippen LogP contribution in [0, 0.1) is 0 Å². The summed E-state index contributed by atoms with van der Waals surface area (Å²) in [5.41, 5.74) is 1.06. The number of benzene rings is 1. The number of halogens is 1. The molecule has 0 atom stereocenters. The first-order valence-electron chi connectivity index (χ1n) is 6.49. The molecule has 116 valence electrons. The van der Waals surface area contributed by atoms with Crippen LogP contribution in [0.15, 0.2) is 49.6 Å². The second-order valence-electron chi connectivity index (χ2n) is 5.36. The first-order valence-corrected chi connectivity index (χ1v) is 6.49. The van der Waals surface area contributed by atoms with Gasteiger partial charge in [0, 0.05) is 19.2 Å². The van der Waals surface area contributed by atoms with Crippen LogP contribution in [-0.2, 0) is 0 Å². The first kappa shape index (κ1) is 19.7. The maximum Gasteiger partial charge on any atom is 0.415 e. The first-order chi connectivity index (χ1) is 9.38. The van der Waals surface area contributed by atoms with Crippen molar-refractivity contribution in [3.05, 3.63) is 49.6 Å². The minimum Gasteiger partial charge on any atom is -1.00 e. The third-order valence-corrected chi connectivity index (χ3v) is 2.75. The average molecular weight is 402 g/mol. The summed E-state index contributed by atoms with van der Waals surface area (Å²) in [6.07, 6.45) is 2.92. The Morgan fingerprint density at radius 1 is 1.24 bits per heavy atom. The van der Waals surface area contributed by atoms with Crippen molar-refractivity contribution >= 4 is 11.8 Å². The number of ether oxygens (including phenoxy) is 1. The smallest absolute Gasteiger partial charge is 0.415 e. The van der Waals surface area contributed by atoms with Crippen LogP contribution in [0.3, 0.4) is 0 Å². The van der Waals surface area contributed by atoms with E-state index in [-0.39, 0.29) is 24.0 Å². The van der Waals surface area contributed by atoms with Crippen LogP contribution in [0.1, 0.15) is 0 Å². The Balaban J connectivity index is 0.00000400. The van der Waals surface area contributed by atoms with Gasteiger partial charge in [-0.05, 0) is 12.1 Å². The van der Waals surface area contributed by atoms with Crippen molar-refractivity contribution in [1.82, 2.24) is 9.38 Å². The lowest BCUT2D eigenvalue weighted by atomic mass is 10.2. The second kappa shape index (κ2) is 8.84. The molecular formula is C16H23IN2O2.